The quantitative estimate of drug-likeness (QED) is 0.152. The number of anilines is 2. The lowest BCUT2D eigenvalue weighted by molar-refractivity contribution is -0.115. The third kappa shape index (κ3) is 7.96. The molecule has 3 aromatic heterocycles. The summed E-state index contributed by atoms with van der Waals surface area (Å²) in [7, 11) is 0. The van der Waals surface area contributed by atoms with Crippen LogP contribution in [-0.4, -0.2) is 31.0 Å². The molecule has 0 saturated heterocycles. The largest absolute Gasteiger partial charge is 0.400 e. The maximum Gasteiger partial charge on any atom is 0.248 e. The fourth-order valence-corrected chi connectivity index (χ4v) is 4.91. The van der Waals surface area contributed by atoms with Crippen LogP contribution in [0.3, 0.4) is 0 Å². The van der Waals surface area contributed by atoms with Crippen molar-refractivity contribution in [2.45, 2.75) is 12.8 Å². The number of thiazole rings is 1. The van der Waals surface area contributed by atoms with E-state index >= 15 is 0 Å². The van der Waals surface area contributed by atoms with E-state index in [-0.39, 0.29) is 11.8 Å². The summed E-state index contributed by atoms with van der Waals surface area (Å²) in [5.74, 6) is -0.420. The number of fused-ring (bicyclic) bond motifs is 1. The van der Waals surface area contributed by atoms with Crippen LogP contribution >= 0.6 is 11.3 Å². The standard InChI is InChI=1S/C18H18N4O.C14H12N4OS/c19-16-8-4-5-9-17(16)21-18(23)11-10-14-12-20-22(13-14)15-6-2-1-3-7-15;15-11-3-1-2-4-12(11)17-13(19)6-5-10-9-18-8-7-16-14(18)20-10/h1-3,5-7,9-13H,4,8,19H2,(H,21,23);1-9H,15H2,(H,17,19)/b11-10+;6-5+. The van der Waals surface area contributed by atoms with Gasteiger partial charge < -0.3 is 22.1 Å². The number of nitrogens with one attached hydrogen (secondary N) is 2. The predicted molar refractivity (Wildman–Crippen MR) is 172 cm³/mol. The molecule has 0 aliphatic heterocycles. The molecule has 216 valence electrons. The van der Waals surface area contributed by atoms with Gasteiger partial charge in [0.2, 0.25) is 11.8 Å². The molecule has 0 atom stereocenters. The van der Waals surface area contributed by atoms with Crippen LogP contribution in [0.5, 0.6) is 0 Å². The van der Waals surface area contributed by atoms with E-state index < -0.39 is 0 Å². The smallest absolute Gasteiger partial charge is 0.248 e. The first-order valence-electron chi connectivity index (χ1n) is 13.4. The Balaban J connectivity index is 0.000000173. The number of nitrogens with zero attached hydrogens (tertiary/aromatic N) is 4. The number of imidazole rings is 1. The maximum atomic E-state index is 12.0. The second-order valence-corrected chi connectivity index (χ2v) is 10.5. The van der Waals surface area contributed by atoms with Gasteiger partial charge in [0.05, 0.1) is 29.0 Å². The van der Waals surface area contributed by atoms with Gasteiger partial charge in [-0.3, -0.25) is 14.0 Å². The van der Waals surface area contributed by atoms with Gasteiger partial charge in [0.15, 0.2) is 4.96 Å². The normalized spacial score (nSPS) is 12.9. The van der Waals surface area contributed by atoms with Gasteiger partial charge in [-0.1, -0.05) is 47.7 Å². The summed E-state index contributed by atoms with van der Waals surface area (Å²) in [5, 5.41) is 9.82. The molecule has 1 aliphatic rings. The highest BCUT2D eigenvalue weighted by molar-refractivity contribution is 7.17. The molecule has 2 amide bonds. The van der Waals surface area contributed by atoms with Crippen molar-refractivity contribution in [1.29, 1.82) is 0 Å². The van der Waals surface area contributed by atoms with Crippen LogP contribution in [0.4, 0.5) is 11.4 Å². The number of benzene rings is 2. The molecule has 0 unspecified atom stereocenters. The van der Waals surface area contributed by atoms with Crippen molar-refractivity contribution in [2.75, 3.05) is 11.1 Å². The Morgan fingerprint density at radius 1 is 0.930 bits per heavy atom. The molecular weight excluding hydrogens is 560 g/mol. The molecule has 11 heteroatoms. The maximum absolute atomic E-state index is 12.0. The number of amides is 2. The van der Waals surface area contributed by atoms with E-state index in [1.54, 1.807) is 41.4 Å². The van der Waals surface area contributed by atoms with Gasteiger partial charge in [-0.25, -0.2) is 9.67 Å². The van der Waals surface area contributed by atoms with E-state index in [1.807, 2.05) is 77.6 Å². The van der Waals surface area contributed by atoms with Gasteiger partial charge in [-0.2, -0.15) is 5.10 Å². The van der Waals surface area contributed by atoms with Crippen LogP contribution in [-0.2, 0) is 9.59 Å². The number of hydrogen-bond donors (Lipinski definition) is 4. The Morgan fingerprint density at radius 2 is 1.70 bits per heavy atom. The molecule has 6 rings (SSSR count). The number of carbonyl (C=O) groups excluding carboxylic acids is 2. The van der Waals surface area contributed by atoms with Crippen molar-refractivity contribution >= 4 is 51.6 Å². The summed E-state index contributed by atoms with van der Waals surface area (Å²) >= 11 is 1.52. The van der Waals surface area contributed by atoms with Crippen LogP contribution in [0.1, 0.15) is 23.3 Å². The van der Waals surface area contributed by atoms with Crippen molar-refractivity contribution in [1.82, 2.24) is 24.5 Å². The van der Waals surface area contributed by atoms with Crippen molar-refractivity contribution in [3.05, 3.63) is 132 Å². The fourth-order valence-electron chi connectivity index (χ4n) is 4.06. The number of aromatic nitrogens is 4. The first-order valence-corrected chi connectivity index (χ1v) is 14.3. The van der Waals surface area contributed by atoms with Gasteiger partial charge in [0, 0.05) is 53.1 Å². The molecule has 0 spiro atoms. The molecular formula is C32H30N8O2S. The molecule has 2 aromatic carbocycles. The highest BCUT2D eigenvalue weighted by Gasteiger charge is 2.07. The number of allylic oxidation sites excluding steroid dienone is 3. The van der Waals surface area contributed by atoms with Crippen molar-refractivity contribution in [3.8, 4) is 5.69 Å². The minimum Gasteiger partial charge on any atom is -0.400 e. The highest BCUT2D eigenvalue weighted by Crippen LogP contribution is 2.19. The van der Waals surface area contributed by atoms with Crippen molar-refractivity contribution in [2.24, 2.45) is 5.73 Å². The monoisotopic (exact) mass is 590 g/mol. The van der Waals surface area contributed by atoms with Crippen LogP contribution in [0.25, 0.3) is 22.8 Å². The molecule has 0 radical (unpaired) electrons. The van der Waals surface area contributed by atoms with Crippen LogP contribution < -0.4 is 22.1 Å². The van der Waals surface area contributed by atoms with Crippen molar-refractivity contribution < 1.29 is 9.59 Å². The summed E-state index contributed by atoms with van der Waals surface area (Å²) in [6.07, 6.45) is 21.1. The lowest BCUT2D eigenvalue weighted by atomic mass is 10.1. The number of hydrogen-bond acceptors (Lipinski definition) is 7. The first kappa shape index (κ1) is 28.8. The van der Waals surface area contributed by atoms with Crippen LogP contribution in [0.15, 0.2) is 121 Å². The molecule has 5 aromatic rings. The third-order valence-corrected chi connectivity index (χ3v) is 7.22. The van der Waals surface area contributed by atoms with E-state index in [4.69, 9.17) is 11.5 Å². The summed E-state index contributed by atoms with van der Waals surface area (Å²) in [6.45, 7) is 0. The van der Waals surface area contributed by atoms with Gasteiger partial charge >= 0.3 is 0 Å². The molecule has 1 aliphatic carbocycles. The summed E-state index contributed by atoms with van der Waals surface area (Å²) in [6, 6.07) is 17.0. The number of nitrogens with two attached hydrogens (primary N) is 2. The number of rotatable bonds is 7. The van der Waals surface area contributed by atoms with E-state index in [0.717, 1.165) is 33.9 Å². The van der Waals surface area contributed by atoms with E-state index in [0.29, 0.717) is 22.8 Å². The topological polar surface area (TPSA) is 145 Å². The lowest BCUT2D eigenvalue weighted by Gasteiger charge is -2.11. The zero-order chi connectivity index (χ0) is 30.0. The molecule has 10 nitrogen and oxygen atoms in total. The van der Waals surface area contributed by atoms with E-state index in [1.165, 1.54) is 23.5 Å². The SMILES string of the molecule is NC1=C(NC(=O)/C=C/c2cnn(-c3ccccc3)c2)C=CCC1.Nc1ccccc1NC(=O)/C=C/c1cn2ccnc2s1. The zero-order valence-corrected chi connectivity index (χ0v) is 23.9. The zero-order valence-electron chi connectivity index (χ0n) is 23.1. The van der Waals surface area contributed by atoms with Crippen LogP contribution in [0.2, 0.25) is 0 Å². The van der Waals surface area contributed by atoms with Gasteiger partial charge in [-0.15, -0.1) is 0 Å². The number of carbonyl (C=O) groups is 2. The Hall–Kier alpha value is -5.68. The second-order valence-electron chi connectivity index (χ2n) is 9.42. The summed E-state index contributed by atoms with van der Waals surface area (Å²) < 4.78 is 3.68. The van der Waals surface area contributed by atoms with E-state index in [2.05, 4.69) is 20.7 Å². The minimum atomic E-state index is -0.214. The molecule has 6 N–H and O–H groups in total. The van der Waals surface area contributed by atoms with Gasteiger partial charge in [0.25, 0.3) is 0 Å². The predicted octanol–water partition coefficient (Wildman–Crippen LogP) is 5.15. The minimum absolute atomic E-state index is 0.207. The third-order valence-electron chi connectivity index (χ3n) is 6.25. The number of nitrogen functional groups attached to an aromatic ring is 1. The molecule has 43 heavy (non-hydrogen) atoms. The van der Waals surface area contributed by atoms with Gasteiger partial charge in [-0.05, 0) is 55.3 Å². The first-order chi connectivity index (χ1) is 20.9. The van der Waals surface area contributed by atoms with Crippen molar-refractivity contribution in [3.63, 3.8) is 0 Å². The molecule has 0 saturated carbocycles. The fraction of sp³-hybridized carbons (Fsp3) is 0.0625. The molecule has 3 heterocycles. The molecule has 0 fully saturated rings. The average molecular weight is 591 g/mol. The Bertz CT molecular complexity index is 1810. The number of para-hydroxylation sites is 3. The Kier molecular flexibility index (Phi) is 9.25. The summed E-state index contributed by atoms with van der Waals surface area (Å²) in [5.41, 5.74) is 16.0. The highest BCUT2D eigenvalue weighted by atomic mass is 32.1. The average Bonchev–Trinajstić information content (AvgIpc) is 3.76. The summed E-state index contributed by atoms with van der Waals surface area (Å²) in [4.78, 5) is 29.8. The van der Waals surface area contributed by atoms with Gasteiger partial charge in [0.1, 0.15) is 0 Å². The van der Waals surface area contributed by atoms with Crippen LogP contribution in [0, 0.1) is 0 Å². The Morgan fingerprint density at radius 3 is 2.49 bits per heavy atom. The van der Waals surface area contributed by atoms with E-state index in [9.17, 15) is 9.59 Å². The Labute approximate surface area is 252 Å². The lowest BCUT2D eigenvalue weighted by Crippen LogP contribution is -2.23. The molecule has 0 bridgehead atoms. The second kappa shape index (κ2) is 13.8.